The third-order valence-electron chi connectivity index (χ3n) is 2.68. The van der Waals surface area contributed by atoms with Crippen molar-refractivity contribution in [3.8, 4) is 0 Å². The van der Waals surface area contributed by atoms with Crippen LogP contribution in [0.5, 0.6) is 0 Å². The molecular formula is C14H21Cl2N. The third-order valence-corrected chi connectivity index (χ3v) is 3.26. The summed E-state index contributed by atoms with van der Waals surface area (Å²) in [5.41, 5.74) is 1.11. The summed E-state index contributed by atoms with van der Waals surface area (Å²) >= 11 is 12.3. The molecule has 1 aromatic rings. The van der Waals surface area contributed by atoms with Crippen molar-refractivity contribution >= 4 is 23.2 Å². The largest absolute Gasteiger partial charge is 0.310 e. The summed E-state index contributed by atoms with van der Waals surface area (Å²) in [6.07, 6.45) is 2.19. The van der Waals surface area contributed by atoms with Crippen molar-refractivity contribution in [2.24, 2.45) is 5.92 Å². The first-order chi connectivity index (χ1) is 8.04. The number of nitrogens with one attached hydrogen (secondary N) is 1. The fourth-order valence-corrected chi connectivity index (χ4v) is 2.32. The molecule has 1 aromatic carbocycles. The summed E-state index contributed by atoms with van der Waals surface area (Å²) in [6.45, 7) is 7.61. The molecule has 0 heterocycles. The number of halogens is 2. The standard InChI is InChI=1S/C14H21Cl2N/c1-4-7-17-14(8-10(2)3)12-9-11(15)5-6-13(12)16/h5-6,9-10,14,17H,4,7-8H2,1-3H3. The smallest absolute Gasteiger partial charge is 0.0454 e. The molecule has 0 aliphatic rings. The molecule has 0 radical (unpaired) electrons. The molecule has 0 fully saturated rings. The Balaban J connectivity index is 2.90. The highest BCUT2D eigenvalue weighted by Gasteiger charge is 2.15. The Kier molecular flexibility index (Phi) is 6.32. The van der Waals surface area contributed by atoms with Gasteiger partial charge in [-0.1, -0.05) is 44.0 Å². The molecule has 0 aromatic heterocycles. The normalized spacial score (nSPS) is 13.1. The zero-order valence-electron chi connectivity index (χ0n) is 10.8. The molecule has 0 amide bonds. The Labute approximate surface area is 115 Å². The molecule has 0 bridgehead atoms. The van der Waals surface area contributed by atoms with Gasteiger partial charge in [-0.3, -0.25) is 0 Å². The van der Waals surface area contributed by atoms with Crippen LogP contribution in [0.2, 0.25) is 10.0 Å². The lowest BCUT2D eigenvalue weighted by atomic mass is 9.97. The molecule has 1 unspecified atom stereocenters. The van der Waals surface area contributed by atoms with Crippen LogP contribution in [-0.4, -0.2) is 6.54 Å². The fourth-order valence-electron chi connectivity index (χ4n) is 1.89. The first kappa shape index (κ1) is 14.8. The number of hydrogen-bond acceptors (Lipinski definition) is 1. The second kappa shape index (κ2) is 7.25. The lowest BCUT2D eigenvalue weighted by Crippen LogP contribution is -2.23. The molecule has 96 valence electrons. The van der Waals surface area contributed by atoms with Crippen LogP contribution in [0.1, 0.15) is 45.2 Å². The van der Waals surface area contributed by atoms with Gasteiger partial charge >= 0.3 is 0 Å². The van der Waals surface area contributed by atoms with E-state index in [0.717, 1.165) is 35.0 Å². The Morgan fingerprint density at radius 2 is 1.94 bits per heavy atom. The third kappa shape index (κ3) is 4.87. The number of hydrogen-bond donors (Lipinski definition) is 1. The monoisotopic (exact) mass is 273 g/mol. The minimum absolute atomic E-state index is 0.293. The van der Waals surface area contributed by atoms with Crippen molar-refractivity contribution in [2.45, 2.75) is 39.7 Å². The van der Waals surface area contributed by atoms with Gasteiger partial charge in [0, 0.05) is 16.1 Å². The zero-order chi connectivity index (χ0) is 12.8. The van der Waals surface area contributed by atoms with E-state index in [2.05, 4.69) is 26.1 Å². The average molecular weight is 274 g/mol. The van der Waals surface area contributed by atoms with Crippen molar-refractivity contribution in [3.05, 3.63) is 33.8 Å². The second-order valence-corrected chi connectivity index (χ2v) is 5.65. The first-order valence-corrected chi connectivity index (χ1v) is 6.98. The van der Waals surface area contributed by atoms with Gasteiger partial charge in [-0.05, 0) is 49.1 Å². The summed E-state index contributed by atoms with van der Waals surface area (Å²) in [7, 11) is 0. The minimum Gasteiger partial charge on any atom is -0.310 e. The Hall–Kier alpha value is -0.240. The van der Waals surface area contributed by atoms with E-state index < -0.39 is 0 Å². The van der Waals surface area contributed by atoms with E-state index in [4.69, 9.17) is 23.2 Å². The summed E-state index contributed by atoms with van der Waals surface area (Å²) in [5.74, 6) is 0.624. The molecule has 1 N–H and O–H groups in total. The lowest BCUT2D eigenvalue weighted by molar-refractivity contribution is 0.430. The fraction of sp³-hybridized carbons (Fsp3) is 0.571. The lowest BCUT2D eigenvalue weighted by Gasteiger charge is -2.22. The van der Waals surface area contributed by atoms with Crippen molar-refractivity contribution in [1.29, 1.82) is 0 Å². The maximum Gasteiger partial charge on any atom is 0.0454 e. The molecule has 3 heteroatoms. The van der Waals surface area contributed by atoms with Crippen LogP contribution in [-0.2, 0) is 0 Å². The predicted octanol–water partition coefficient (Wildman–Crippen LogP) is 5.08. The van der Waals surface area contributed by atoms with Crippen LogP contribution in [0.3, 0.4) is 0 Å². The average Bonchev–Trinajstić information content (AvgIpc) is 2.27. The van der Waals surface area contributed by atoms with Gasteiger partial charge in [-0.2, -0.15) is 0 Å². The summed E-state index contributed by atoms with van der Waals surface area (Å²) < 4.78 is 0. The van der Waals surface area contributed by atoms with Gasteiger partial charge in [-0.25, -0.2) is 0 Å². The van der Waals surface area contributed by atoms with Gasteiger partial charge in [0.1, 0.15) is 0 Å². The van der Waals surface area contributed by atoms with Crippen molar-refractivity contribution in [1.82, 2.24) is 5.32 Å². The predicted molar refractivity (Wildman–Crippen MR) is 77.0 cm³/mol. The second-order valence-electron chi connectivity index (χ2n) is 4.80. The number of benzene rings is 1. The minimum atomic E-state index is 0.293. The summed E-state index contributed by atoms with van der Waals surface area (Å²) in [4.78, 5) is 0. The molecule has 1 rings (SSSR count). The highest BCUT2D eigenvalue weighted by Crippen LogP contribution is 2.30. The van der Waals surface area contributed by atoms with Crippen molar-refractivity contribution < 1.29 is 0 Å². The Bertz CT molecular complexity index is 350. The highest BCUT2D eigenvalue weighted by molar-refractivity contribution is 6.33. The van der Waals surface area contributed by atoms with Gasteiger partial charge in [0.2, 0.25) is 0 Å². The Morgan fingerprint density at radius 1 is 1.24 bits per heavy atom. The van der Waals surface area contributed by atoms with Crippen LogP contribution < -0.4 is 5.32 Å². The van der Waals surface area contributed by atoms with Gasteiger partial charge in [-0.15, -0.1) is 0 Å². The first-order valence-electron chi connectivity index (χ1n) is 6.23. The van der Waals surface area contributed by atoms with Gasteiger partial charge in [0.15, 0.2) is 0 Å². The van der Waals surface area contributed by atoms with E-state index in [0.29, 0.717) is 12.0 Å². The molecule has 0 aliphatic carbocycles. The van der Waals surface area contributed by atoms with Gasteiger partial charge < -0.3 is 5.32 Å². The van der Waals surface area contributed by atoms with Crippen molar-refractivity contribution in [3.63, 3.8) is 0 Å². The molecular weight excluding hydrogens is 253 g/mol. The molecule has 0 spiro atoms. The van der Waals surface area contributed by atoms with Crippen LogP contribution in [0.4, 0.5) is 0 Å². The molecule has 0 aliphatic heterocycles. The molecule has 0 saturated carbocycles. The van der Waals surface area contributed by atoms with Gasteiger partial charge in [0.25, 0.3) is 0 Å². The summed E-state index contributed by atoms with van der Waals surface area (Å²) in [5, 5.41) is 5.08. The van der Waals surface area contributed by atoms with E-state index in [1.165, 1.54) is 0 Å². The molecule has 17 heavy (non-hydrogen) atoms. The SMILES string of the molecule is CCCNC(CC(C)C)c1cc(Cl)ccc1Cl. The summed E-state index contributed by atoms with van der Waals surface area (Å²) in [6, 6.07) is 5.97. The van der Waals surface area contributed by atoms with E-state index >= 15 is 0 Å². The molecule has 1 nitrogen and oxygen atoms in total. The molecule has 1 atom stereocenters. The topological polar surface area (TPSA) is 12.0 Å². The maximum atomic E-state index is 6.25. The van der Waals surface area contributed by atoms with E-state index in [1.54, 1.807) is 0 Å². The van der Waals surface area contributed by atoms with Crippen LogP contribution in [0.15, 0.2) is 18.2 Å². The Morgan fingerprint density at radius 3 is 2.53 bits per heavy atom. The van der Waals surface area contributed by atoms with Crippen LogP contribution >= 0.6 is 23.2 Å². The van der Waals surface area contributed by atoms with E-state index in [1.807, 2.05) is 18.2 Å². The number of rotatable bonds is 6. The maximum absolute atomic E-state index is 6.25. The highest BCUT2D eigenvalue weighted by atomic mass is 35.5. The van der Waals surface area contributed by atoms with Crippen LogP contribution in [0, 0.1) is 5.92 Å². The van der Waals surface area contributed by atoms with Crippen molar-refractivity contribution in [2.75, 3.05) is 6.54 Å². The van der Waals surface area contributed by atoms with Crippen LogP contribution in [0.25, 0.3) is 0 Å². The van der Waals surface area contributed by atoms with Gasteiger partial charge in [0.05, 0.1) is 0 Å². The quantitative estimate of drug-likeness (QED) is 0.762. The van der Waals surface area contributed by atoms with E-state index in [9.17, 15) is 0 Å². The molecule has 0 saturated heterocycles. The zero-order valence-corrected chi connectivity index (χ0v) is 12.3. The van der Waals surface area contributed by atoms with E-state index in [-0.39, 0.29) is 0 Å².